The Kier molecular flexibility index (Phi) is 2.69. The SMILES string of the molecule is Cc1ccc(-n2ccc(C(C)C)n2)c(N)c1. The quantitative estimate of drug-likeness (QED) is 0.783. The molecule has 0 radical (unpaired) electrons. The van der Waals surface area contributed by atoms with Gasteiger partial charge >= 0.3 is 0 Å². The summed E-state index contributed by atoms with van der Waals surface area (Å²) in [5.41, 5.74) is 9.93. The number of nitrogens with two attached hydrogens (primary N) is 1. The maximum atomic E-state index is 5.98. The van der Waals surface area contributed by atoms with E-state index in [0.29, 0.717) is 5.92 Å². The lowest BCUT2D eigenvalue weighted by Crippen LogP contribution is -2.01. The Labute approximate surface area is 95.9 Å². The molecule has 2 rings (SSSR count). The standard InChI is InChI=1S/C13H17N3/c1-9(2)12-6-7-16(15-12)13-5-4-10(3)8-11(13)14/h4-9H,14H2,1-3H3. The maximum Gasteiger partial charge on any atom is 0.0875 e. The van der Waals surface area contributed by atoms with Gasteiger partial charge in [0.25, 0.3) is 0 Å². The van der Waals surface area contributed by atoms with Crippen LogP contribution in [0.25, 0.3) is 5.69 Å². The lowest BCUT2D eigenvalue weighted by atomic mass is 10.1. The van der Waals surface area contributed by atoms with Crippen molar-refractivity contribution in [3.63, 3.8) is 0 Å². The summed E-state index contributed by atoms with van der Waals surface area (Å²) in [6, 6.07) is 8.04. The number of anilines is 1. The molecule has 84 valence electrons. The van der Waals surface area contributed by atoms with E-state index in [1.165, 1.54) is 0 Å². The lowest BCUT2D eigenvalue weighted by Gasteiger charge is -2.06. The Balaban J connectivity index is 2.42. The van der Waals surface area contributed by atoms with Gasteiger partial charge in [-0.15, -0.1) is 0 Å². The van der Waals surface area contributed by atoms with Crippen LogP contribution in [0, 0.1) is 6.92 Å². The van der Waals surface area contributed by atoms with Gasteiger partial charge in [-0.1, -0.05) is 19.9 Å². The van der Waals surface area contributed by atoms with E-state index in [-0.39, 0.29) is 0 Å². The molecule has 0 saturated carbocycles. The molecule has 3 heteroatoms. The first-order valence-corrected chi connectivity index (χ1v) is 5.50. The Morgan fingerprint density at radius 1 is 1.25 bits per heavy atom. The highest BCUT2D eigenvalue weighted by atomic mass is 15.3. The van der Waals surface area contributed by atoms with Crippen molar-refractivity contribution in [3.8, 4) is 5.69 Å². The zero-order valence-electron chi connectivity index (χ0n) is 9.94. The average Bonchev–Trinajstić information content (AvgIpc) is 2.66. The Morgan fingerprint density at radius 3 is 2.56 bits per heavy atom. The van der Waals surface area contributed by atoms with Crippen molar-refractivity contribution in [2.45, 2.75) is 26.7 Å². The molecule has 1 aromatic carbocycles. The first kappa shape index (κ1) is 10.7. The first-order chi connectivity index (χ1) is 7.58. The zero-order chi connectivity index (χ0) is 11.7. The average molecular weight is 215 g/mol. The second-order valence-corrected chi connectivity index (χ2v) is 4.40. The molecule has 0 aliphatic carbocycles. The molecule has 2 N–H and O–H groups in total. The minimum atomic E-state index is 0.438. The van der Waals surface area contributed by atoms with Crippen LogP contribution in [0.2, 0.25) is 0 Å². The molecule has 0 bridgehead atoms. The summed E-state index contributed by atoms with van der Waals surface area (Å²) in [7, 11) is 0. The van der Waals surface area contributed by atoms with Crippen LogP contribution >= 0.6 is 0 Å². The number of rotatable bonds is 2. The van der Waals surface area contributed by atoms with Crippen LogP contribution < -0.4 is 5.73 Å². The summed E-state index contributed by atoms with van der Waals surface area (Å²) < 4.78 is 1.84. The summed E-state index contributed by atoms with van der Waals surface area (Å²) in [5.74, 6) is 0.438. The predicted molar refractivity (Wildman–Crippen MR) is 66.8 cm³/mol. The Bertz CT molecular complexity index is 498. The molecule has 0 aliphatic rings. The second kappa shape index (κ2) is 4.00. The van der Waals surface area contributed by atoms with Crippen LogP contribution in [0.4, 0.5) is 5.69 Å². The highest BCUT2D eigenvalue weighted by Crippen LogP contribution is 2.19. The minimum absolute atomic E-state index is 0.438. The van der Waals surface area contributed by atoms with Crippen LogP contribution in [0.1, 0.15) is 31.0 Å². The summed E-state index contributed by atoms with van der Waals surface area (Å²) >= 11 is 0. The van der Waals surface area contributed by atoms with Crippen LogP contribution in [-0.4, -0.2) is 9.78 Å². The van der Waals surface area contributed by atoms with Crippen molar-refractivity contribution in [2.24, 2.45) is 0 Å². The molecule has 0 amide bonds. The molecule has 0 spiro atoms. The largest absolute Gasteiger partial charge is 0.397 e. The van der Waals surface area contributed by atoms with E-state index in [9.17, 15) is 0 Å². The lowest BCUT2D eigenvalue weighted by molar-refractivity contribution is 0.769. The van der Waals surface area contributed by atoms with Crippen molar-refractivity contribution in [2.75, 3.05) is 5.73 Å². The van der Waals surface area contributed by atoms with Gasteiger partial charge in [-0.25, -0.2) is 4.68 Å². The molecule has 3 nitrogen and oxygen atoms in total. The number of nitrogens with zero attached hydrogens (tertiary/aromatic N) is 2. The number of aromatic nitrogens is 2. The maximum absolute atomic E-state index is 5.98. The Hall–Kier alpha value is -1.77. The molecule has 0 fully saturated rings. The number of nitrogen functional groups attached to an aromatic ring is 1. The molecular weight excluding hydrogens is 198 g/mol. The fourth-order valence-electron chi connectivity index (χ4n) is 1.66. The minimum Gasteiger partial charge on any atom is -0.397 e. The van der Waals surface area contributed by atoms with Gasteiger partial charge in [-0.2, -0.15) is 5.10 Å². The monoisotopic (exact) mass is 215 g/mol. The van der Waals surface area contributed by atoms with Crippen LogP contribution in [0.3, 0.4) is 0 Å². The molecular formula is C13H17N3. The van der Waals surface area contributed by atoms with Crippen LogP contribution in [0.5, 0.6) is 0 Å². The van der Waals surface area contributed by atoms with E-state index in [1.54, 1.807) is 0 Å². The van der Waals surface area contributed by atoms with Gasteiger partial charge in [0.2, 0.25) is 0 Å². The van der Waals surface area contributed by atoms with E-state index in [4.69, 9.17) is 5.73 Å². The number of benzene rings is 1. The third-order valence-corrected chi connectivity index (χ3v) is 2.63. The molecule has 1 heterocycles. The summed E-state index contributed by atoms with van der Waals surface area (Å²) in [6.07, 6.45) is 1.95. The van der Waals surface area contributed by atoms with Gasteiger partial charge in [-0.05, 0) is 36.6 Å². The van der Waals surface area contributed by atoms with Gasteiger partial charge in [0, 0.05) is 6.20 Å². The van der Waals surface area contributed by atoms with Crippen molar-refractivity contribution < 1.29 is 0 Å². The van der Waals surface area contributed by atoms with Gasteiger partial charge in [0.05, 0.1) is 17.1 Å². The normalized spacial score (nSPS) is 11.0. The van der Waals surface area contributed by atoms with Crippen LogP contribution in [0.15, 0.2) is 30.5 Å². The van der Waals surface area contributed by atoms with Gasteiger partial charge in [0.15, 0.2) is 0 Å². The summed E-state index contributed by atoms with van der Waals surface area (Å²) in [4.78, 5) is 0. The first-order valence-electron chi connectivity index (χ1n) is 5.50. The number of aryl methyl sites for hydroxylation is 1. The van der Waals surface area contributed by atoms with Crippen molar-refractivity contribution in [1.82, 2.24) is 9.78 Å². The zero-order valence-corrected chi connectivity index (χ0v) is 9.94. The van der Waals surface area contributed by atoms with E-state index in [0.717, 1.165) is 22.6 Å². The highest BCUT2D eigenvalue weighted by molar-refractivity contribution is 5.58. The van der Waals surface area contributed by atoms with Crippen LogP contribution in [-0.2, 0) is 0 Å². The summed E-state index contributed by atoms with van der Waals surface area (Å²) in [5, 5.41) is 4.51. The topological polar surface area (TPSA) is 43.8 Å². The third-order valence-electron chi connectivity index (χ3n) is 2.63. The second-order valence-electron chi connectivity index (χ2n) is 4.40. The molecule has 0 saturated heterocycles. The number of hydrogen-bond acceptors (Lipinski definition) is 2. The molecule has 16 heavy (non-hydrogen) atoms. The van der Waals surface area contributed by atoms with Crippen molar-refractivity contribution in [3.05, 3.63) is 41.7 Å². The Morgan fingerprint density at radius 2 is 2.00 bits per heavy atom. The fourth-order valence-corrected chi connectivity index (χ4v) is 1.66. The third kappa shape index (κ3) is 1.94. The van der Waals surface area contributed by atoms with Gasteiger partial charge < -0.3 is 5.73 Å². The van der Waals surface area contributed by atoms with Gasteiger partial charge in [-0.3, -0.25) is 0 Å². The van der Waals surface area contributed by atoms with Crippen molar-refractivity contribution >= 4 is 5.69 Å². The van der Waals surface area contributed by atoms with E-state index in [1.807, 2.05) is 42.1 Å². The van der Waals surface area contributed by atoms with E-state index in [2.05, 4.69) is 18.9 Å². The highest BCUT2D eigenvalue weighted by Gasteiger charge is 2.06. The van der Waals surface area contributed by atoms with E-state index >= 15 is 0 Å². The molecule has 1 aromatic heterocycles. The predicted octanol–water partition coefficient (Wildman–Crippen LogP) is 2.89. The van der Waals surface area contributed by atoms with Gasteiger partial charge in [0.1, 0.15) is 0 Å². The molecule has 0 atom stereocenters. The summed E-state index contributed by atoms with van der Waals surface area (Å²) in [6.45, 7) is 6.29. The van der Waals surface area contributed by atoms with Crippen molar-refractivity contribution in [1.29, 1.82) is 0 Å². The fraction of sp³-hybridized carbons (Fsp3) is 0.308. The molecule has 0 unspecified atom stereocenters. The smallest absolute Gasteiger partial charge is 0.0875 e. The number of hydrogen-bond donors (Lipinski definition) is 1. The molecule has 0 aliphatic heterocycles. The van der Waals surface area contributed by atoms with E-state index < -0.39 is 0 Å². The molecule has 2 aromatic rings.